The number of aliphatic hydroxyl groups excluding tert-OH is 1. The van der Waals surface area contributed by atoms with E-state index in [9.17, 15) is 5.11 Å². The number of rotatable bonds is 5. The molecule has 2 fully saturated rings. The van der Waals surface area contributed by atoms with Crippen molar-refractivity contribution >= 4 is 17.4 Å². The lowest BCUT2D eigenvalue weighted by atomic mass is 10.3. The van der Waals surface area contributed by atoms with Crippen LogP contribution in [0.5, 0.6) is 0 Å². The first-order chi connectivity index (χ1) is 8.70. The topological polar surface area (TPSA) is 49.2 Å². The molecule has 0 unspecified atom stereocenters. The zero-order valence-corrected chi connectivity index (χ0v) is 11.3. The van der Waals surface area contributed by atoms with Gasteiger partial charge in [0.15, 0.2) is 0 Å². The van der Waals surface area contributed by atoms with Gasteiger partial charge in [-0.3, -0.25) is 0 Å². The molecule has 2 saturated carbocycles. The summed E-state index contributed by atoms with van der Waals surface area (Å²) in [5.41, 5.74) is 0.932. The Kier molecular flexibility index (Phi) is 3.16. The van der Waals surface area contributed by atoms with E-state index >= 15 is 0 Å². The minimum Gasteiger partial charge on any atom is -0.395 e. The summed E-state index contributed by atoms with van der Waals surface area (Å²) in [4.78, 5) is 11.3. The fourth-order valence-corrected chi connectivity index (χ4v) is 2.42. The summed E-state index contributed by atoms with van der Waals surface area (Å²) in [5, 5.41) is 9.77. The SMILES string of the molecule is Cc1c(Cl)nc(C2CC2)nc1N(CCO)C1CC1. The minimum atomic E-state index is 0.149. The van der Waals surface area contributed by atoms with Crippen LogP contribution in [0.2, 0.25) is 5.15 Å². The molecule has 0 aliphatic heterocycles. The Morgan fingerprint density at radius 3 is 2.56 bits per heavy atom. The summed E-state index contributed by atoms with van der Waals surface area (Å²) in [5.74, 6) is 2.30. The maximum absolute atomic E-state index is 9.21. The molecule has 0 atom stereocenters. The first kappa shape index (κ1) is 12.2. The zero-order valence-electron chi connectivity index (χ0n) is 10.6. The van der Waals surface area contributed by atoms with E-state index in [1.165, 1.54) is 25.7 Å². The van der Waals surface area contributed by atoms with Crippen molar-refractivity contribution in [1.82, 2.24) is 9.97 Å². The number of nitrogens with zero attached hydrogens (tertiary/aromatic N) is 3. The third-order valence-electron chi connectivity index (χ3n) is 3.62. The van der Waals surface area contributed by atoms with Gasteiger partial charge in [0.05, 0.1) is 6.61 Å². The van der Waals surface area contributed by atoms with Crippen LogP contribution in [-0.2, 0) is 0 Å². The van der Waals surface area contributed by atoms with E-state index in [1.807, 2.05) is 6.92 Å². The Balaban J connectivity index is 1.96. The molecule has 0 saturated heterocycles. The van der Waals surface area contributed by atoms with Gasteiger partial charge in [-0.2, -0.15) is 0 Å². The van der Waals surface area contributed by atoms with Gasteiger partial charge in [-0.25, -0.2) is 9.97 Å². The molecule has 1 heterocycles. The van der Waals surface area contributed by atoms with Crippen molar-refractivity contribution in [1.29, 1.82) is 0 Å². The Morgan fingerprint density at radius 2 is 2.00 bits per heavy atom. The van der Waals surface area contributed by atoms with Crippen LogP contribution in [0.1, 0.15) is 43.0 Å². The predicted octanol–water partition coefficient (Wildman–Crippen LogP) is 2.28. The molecule has 2 aliphatic rings. The lowest BCUT2D eigenvalue weighted by Gasteiger charge is -2.25. The van der Waals surface area contributed by atoms with Crippen LogP contribution in [0.15, 0.2) is 0 Å². The van der Waals surface area contributed by atoms with Gasteiger partial charge < -0.3 is 10.0 Å². The fraction of sp³-hybridized carbons (Fsp3) is 0.692. The first-order valence-corrected chi connectivity index (χ1v) is 7.00. The highest BCUT2D eigenvalue weighted by Gasteiger charge is 2.33. The highest BCUT2D eigenvalue weighted by molar-refractivity contribution is 6.30. The van der Waals surface area contributed by atoms with Gasteiger partial charge in [0.25, 0.3) is 0 Å². The number of hydrogen-bond acceptors (Lipinski definition) is 4. The second-order valence-electron chi connectivity index (χ2n) is 5.24. The number of hydrogen-bond donors (Lipinski definition) is 1. The van der Waals surface area contributed by atoms with E-state index in [4.69, 9.17) is 16.6 Å². The Labute approximate surface area is 112 Å². The van der Waals surface area contributed by atoms with Crippen LogP contribution in [0.4, 0.5) is 5.82 Å². The lowest BCUT2D eigenvalue weighted by molar-refractivity contribution is 0.301. The normalized spacial score (nSPS) is 19.1. The van der Waals surface area contributed by atoms with Crippen LogP contribution in [0.3, 0.4) is 0 Å². The minimum absolute atomic E-state index is 0.149. The van der Waals surface area contributed by atoms with E-state index in [0.717, 1.165) is 17.2 Å². The van der Waals surface area contributed by atoms with Crippen molar-refractivity contribution in [3.63, 3.8) is 0 Å². The maximum Gasteiger partial charge on any atom is 0.137 e. The summed E-state index contributed by atoms with van der Waals surface area (Å²) in [7, 11) is 0. The smallest absolute Gasteiger partial charge is 0.137 e. The fourth-order valence-electron chi connectivity index (χ4n) is 2.25. The number of halogens is 1. The Bertz CT molecular complexity index is 458. The molecule has 0 radical (unpaired) electrons. The molecule has 4 nitrogen and oxygen atoms in total. The van der Waals surface area contributed by atoms with Crippen LogP contribution in [0, 0.1) is 6.92 Å². The van der Waals surface area contributed by atoms with Crippen molar-refractivity contribution in [2.45, 2.75) is 44.6 Å². The van der Waals surface area contributed by atoms with Crippen LogP contribution in [-0.4, -0.2) is 34.3 Å². The van der Waals surface area contributed by atoms with Gasteiger partial charge in [0.2, 0.25) is 0 Å². The van der Waals surface area contributed by atoms with Crippen LogP contribution in [0.25, 0.3) is 0 Å². The standard InChI is InChI=1S/C13H18ClN3O/c1-8-11(14)15-12(9-2-3-9)16-13(8)17(6-7-18)10-4-5-10/h9-10,18H,2-7H2,1H3. The highest BCUT2D eigenvalue weighted by atomic mass is 35.5. The van der Waals surface area contributed by atoms with Crippen molar-refractivity contribution in [3.05, 3.63) is 16.5 Å². The van der Waals surface area contributed by atoms with Crippen molar-refractivity contribution in [2.24, 2.45) is 0 Å². The largest absolute Gasteiger partial charge is 0.395 e. The number of aliphatic hydroxyl groups is 1. The molecule has 5 heteroatoms. The second kappa shape index (κ2) is 4.67. The van der Waals surface area contributed by atoms with E-state index < -0.39 is 0 Å². The van der Waals surface area contributed by atoms with E-state index in [1.54, 1.807) is 0 Å². The first-order valence-electron chi connectivity index (χ1n) is 6.62. The molecule has 2 aliphatic carbocycles. The molecule has 3 rings (SSSR count). The third kappa shape index (κ3) is 2.31. The number of anilines is 1. The van der Waals surface area contributed by atoms with Crippen molar-refractivity contribution < 1.29 is 5.11 Å². The summed E-state index contributed by atoms with van der Waals surface area (Å²) in [6.07, 6.45) is 4.70. The highest BCUT2D eigenvalue weighted by Crippen LogP contribution is 2.41. The monoisotopic (exact) mass is 267 g/mol. The number of aromatic nitrogens is 2. The lowest BCUT2D eigenvalue weighted by Crippen LogP contribution is -2.31. The Hall–Kier alpha value is -0.870. The molecular formula is C13H18ClN3O. The van der Waals surface area contributed by atoms with Gasteiger partial charge >= 0.3 is 0 Å². The molecule has 0 amide bonds. The van der Waals surface area contributed by atoms with Crippen LogP contribution >= 0.6 is 11.6 Å². The zero-order chi connectivity index (χ0) is 12.7. The third-order valence-corrected chi connectivity index (χ3v) is 3.99. The van der Waals surface area contributed by atoms with Crippen molar-refractivity contribution in [2.75, 3.05) is 18.1 Å². The quantitative estimate of drug-likeness (QED) is 0.832. The predicted molar refractivity (Wildman–Crippen MR) is 71.2 cm³/mol. The average Bonchev–Trinajstić information content (AvgIpc) is 3.21. The molecule has 18 heavy (non-hydrogen) atoms. The van der Waals surface area contributed by atoms with Gasteiger partial charge in [0.1, 0.15) is 16.8 Å². The molecule has 1 aromatic rings. The average molecular weight is 268 g/mol. The second-order valence-corrected chi connectivity index (χ2v) is 5.60. The van der Waals surface area contributed by atoms with E-state index in [0.29, 0.717) is 23.7 Å². The summed E-state index contributed by atoms with van der Waals surface area (Å²) >= 11 is 6.22. The molecule has 98 valence electrons. The van der Waals surface area contributed by atoms with Gasteiger partial charge in [-0.1, -0.05) is 11.6 Å². The van der Waals surface area contributed by atoms with Gasteiger partial charge in [-0.15, -0.1) is 0 Å². The molecule has 1 aromatic heterocycles. The summed E-state index contributed by atoms with van der Waals surface area (Å²) in [6, 6.07) is 0.522. The molecular weight excluding hydrogens is 250 g/mol. The molecule has 0 aromatic carbocycles. The van der Waals surface area contributed by atoms with Crippen LogP contribution < -0.4 is 4.90 Å². The molecule has 1 N–H and O–H groups in total. The maximum atomic E-state index is 9.21. The van der Waals surface area contributed by atoms with E-state index in [-0.39, 0.29) is 6.61 Å². The van der Waals surface area contributed by atoms with Gasteiger partial charge in [-0.05, 0) is 32.6 Å². The summed E-state index contributed by atoms with van der Waals surface area (Å²) < 4.78 is 0. The Morgan fingerprint density at radius 1 is 1.28 bits per heavy atom. The van der Waals surface area contributed by atoms with Gasteiger partial charge in [0, 0.05) is 24.1 Å². The summed E-state index contributed by atoms with van der Waals surface area (Å²) in [6.45, 7) is 2.74. The molecule has 0 spiro atoms. The molecule has 0 bridgehead atoms. The van der Waals surface area contributed by atoms with Crippen molar-refractivity contribution in [3.8, 4) is 0 Å². The van der Waals surface area contributed by atoms with E-state index in [2.05, 4.69) is 9.88 Å².